The van der Waals surface area contributed by atoms with E-state index in [1.165, 1.54) is 0 Å². The second-order valence-electron chi connectivity index (χ2n) is 6.33. The van der Waals surface area contributed by atoms with Crippen molar-refractivity contribution in [3.8, 4) is 6.07 Å². The zero-order valence-corrected chi connectivity index (χ0v) is 15.2. The summed E-state index contributed by atoms with van der Waals surface area (Å²) in [5.74, 6) is -0.353. The first-order valence-corrected chi connectivity index (χ1v) is 8.62. The van der Waals surface area contributed by atoms with E-state index in [1.807, 2.05) is 42.5 Å². The molecule has 0 atom stereocenters. The number of aryl methyl sites for hydroxylation is 1. The maximum absolute atomic E-state index is 12.1. The number of hydrogen-bond acceptors (Lipinski definition) is 5. The number of aromatic nitrogens is 2. The lowest BCUT2D eigenvalue weighted by Crippen LogP contribution is -2.17. The third-order valence-corrected chi connectivity index (χ3v) is 4.54. The van der Waals surface area contributed by atoms with Crippen LogP contribution in [-0.2, 0) is 22.6 Å². The van der Waals surface area contributed by atoms with Gasteiger partial charge >= 0.3 is 5.97 Å². The summed E-state index contributed by atoms with van der Waals surface area (Å²) in [5.41, 5.74) is 3.31. The van der Waals surface area contributed by atoms with Crippen molar-refractivity contribution in [3.05, 3.63) is 74.8 Å². The molecule has 3 aromatic rings. The Hall–Kier alpha value is -3.46. The second kappa shape index (κ2) is 7.83. The average Bonchev–Trinajstić information content (AvgIpc) is 2.66. The van der Waals surface area contributed by atoms with Crippen LogP contribution in [0, 0.1) is 25.2 Å². The molecule has 0 saturated carbocycles. The van der Waals surface area contributed by atoms with E-state index < -0.39 is 5.56 Å². The number of rotatable bonds is 5. The molecule has 0 aliphatic rings. The second-order valence-corrected chi connectivity index (χ2v) is 6.33. The lowest BCUT2D eigenvalue weighted by atomic mass is 9.99. The fourth-order valence-electron chi connectivity index (χ4n) is 3.06. The number of carbonyl (C=O) groups is 1. The topological polar surface area (TPSA) is 95.8 Å². The van der Waals surface area contributed by atoms with Crippen molar-refractivity contribution in [1.29, 1.82) is 5.26 Å². The van der Waals surface area contributed by atoms with Crippen LogP contribution in [0.25, 0.3) is 10.9 Å². The average molecular weight is 361 g/mol. The lowest BCUT2D eigenvalue weighted by molar-refractivity contribution is -0.145. The van der Waals surface area contributed by atoms with Crippen molar-refractivity contribution in [3.63, 3.8) is 0 Å². The van der Waals surface area contributed by atoms with E-state index in [9.17, 15) is 9.59 Å². The van der Waals surface area contributed by atoms with Crippen LogP contribution in [0.3, 0.4) is 0 Å². The van der Waals surface area contributed by atoms with E-state index in [0.29, 0.717) is 23.4 Å². The molecule has 0 aliphatic carbocycles. The van der Waals surface area contributed by atoms with Gasteiger partial charge in [0.05, 0.1) is 11.2 Å². The SMILES string of the molecule is Cc1[nH]c(=O)c(C#N)c(C)c1CCC(=O)OCc1ccc2ccccc2n1. The molecule has 2 aromatic heterocycles. The number of H-pyrrole nitrogens is 1. The van der Waals surface area contributed by atoms with Crippen LogP contribution >= 0.6 is 0 Å². The van der Waals surface area contributed by atoms with Gasteiger partial charge in [-0.25, -0.2) is 4.98 Å². The molecular weight excluding hydrogens is 342 g/mol. The number of carbonyl (C=O) groups excluding carboxylic acids is 1. The summed E-state index contributed by atoms with van der Waals surface area (Å²) in [6.07, 6.45) is 0.555. The van der Waals surface area contributed by atoms with Crippen LogP contribution in [0.1, 0.15) is 34.5 Å². The largest absolute Gasteiger partial charge is 0.459 e. The fraction of sp³-hybridized carbons (Fsp3) is 0.238. The van der Waals surface area contributed by atoms with Gasteiger partial charge in [0, 0.05) is 17.5 Å². The van der Waals surface area contributed by atoms with Gasteiger partial charge in [-0.3, -0.25) is 9.59 Å². The molecule has 3 rings (SSSR count). The minimum Gasteiger partial charge on any atom is -0.459 e. The molecule has 0 spiro atoms. The zero-order valence-electron chi connectivity index (χ0n) is 15.2. The van der Waals surface area contributed by atoms with Gasteiger partial charge < -0.3 is 9.72 Å². The molecule has 0 amide bonds. The van der Waals surface area contributed by atoms with Gasteiger partial charge in [-0.05, 0) is 43.5 Å². The highest BCUT2D eigenvalue weighted by Crippen LogP contribution is 2.16. The molecule has 0 unspecified atom stereocenters. The molecule has 2 heterocycles. The van der Waals surface area contributed by atoms with Crippen molar-refractivity contribution in [2.45, 2.75) is 33.3 Å². The number of aromatic amines is 1. The number of hydrogen-bond donors (Lipinski definition) is 1. The maximum atomic E-state index is 12.1. The number of nitrogens with zero attached hydrogens (tertiary/aromatic N) is 2. The molecule has 1 N–H and O–H groups in total. The van der Waals surface area contributed by atoms with E-state index in [0.717, 1.165) is 16.5 Å². The first-order chi connectivity index (χ1) is 13.0. The van der Waals surface area contributed by atoms with Crippen LogP contribution in [0.2, 0.25) is 0 Å². The Labute approximate surface area is 156 Å². The van der Waals surface area contributed by atoms with E-state index >= 15 is 0 Å². The Morgan fingerprint density at radius 3 is 2.78 bits per heavy atom. The van der Waals surface area contributed by atoms with Crippen LogP contribution in [0.15, 0.2) is 41.2 Å². The molecule has 0 saturated heterocycles. The standard InChI is InChI=1S/C21H19N3O3/c1-13-17(14(2)23-21(26)18(13)11-22)9-10-20(25)27-12-16-8-7-15-5-3-4-6-19(15)24-16/h3-8H,9-10,12H2,1-2H3,(H,23,26). The minimum atomic E-state index is -0.402. The molecule has 27 heavy (non-hydrogen) atoms. The highest BCUT2D eigenvalue weighted by atomic mass is 16.5. The smallest absolute Gasteiger partial charge is 0.306 e. The number of pyridine rings is 2. The molecule has 6 nitrogen and oxygen atoms in total. The van der Waals surface area contributed by atoms with Crippen molar-refractivity contribution >= 4 is 16.9 Å². The van der Waals surface area contributed by atoms with Gasteiger partial charge in [0.2, 0.25) is 0 Å². The van der Waals surface area contributed by atoms with E-state index in [1.54, 1.807) is 13.8 Å². The summed E-state index contributed by atoms with van der Waals surface area (Å²) in [6.45, 7) is 3.59. The van der Waals surface area contributed by atoms with Crippen molar-refractivity contribution in [2.24, 2.45) is 0 Å². The molecule has 0 fully saturated rings. The molecule has 0 bridgehead atoms. The highest BCUT2D eigenvalue weighted by Gasteiger charge is 2.14. The summed E-state index contributed by atoms with van der Waals surface area (Å²) < 4.78 is 5.32. The maximum Gasteiger partial charge on any atom is 0.306 e. The Kier molecular flexibility index (Phi) is 5.32. The number of nitrogens with one attached hydrogen (secondary N) is 1. The van der Waals surface area contributed by atoms with Crippen molar-refractivity contribution in [2.75, 3.05) is 0 Å². The van der Waals surface area contributed by atoms with Gasteiger partial charge in [-0.15, -0.1) is 0 Å². The highest BCUT2D eigenvalue weighted by molar-refractivity contribution is 5.78. The molecule has 136 valence electrons. The number of nitriles is 1. The zero-order chi connectivity index (χ0) is 19.4. The monoisotopic (exact) mass is 361 g/mol. The first kappa shape index (κ1) is 18.3. The molecule has 0 aliphatic heterocycles. The van der Waals surface area contributed by atoms with Crippen LogP contribution < -0.4 is 5.56 Å². The molecular formula is C21H19N3O3. The summed E-state index contributed by atoms with van der Waals surface area (Å²) in [7, 11) is 0. The van der Waals surface area contributed by atoms with Gasteiger partial charge in [-0.2, -0.15) is 5.26 Å². The quantitative estimate of drug-likeness (QED) is 0.705. The Morgan fingerprint density at radius 2 is 2.00 bits per heavy atom. The summed E-state index contributed by atoms with van der Waals surface area (Å²) >= 11 is 0. The summed E-state index contributed by atoms with van der Waals surface area (Å²) in [6, 6.07) is 13.4. The van der Waals surface area contributed by atoms with E-state index in [2.05, 4.69) is 9.97 Å². The fourth-order valence-corrected chi connectivity index (χ4v) is 3.06. The van der Waals surface area contributed by atoms with Crippen LogP contribution in [0.4, 0.5) is 0 Å². The predicted molar refractivity (Wildman–Crippen MR) is 101 cm³/mol. The lowest BCUT2D eigenvalue weighted by Gasteiger charge is -2.11. The molecule has 1 aromatic carbocycles. The Bertz CT molecular complexity index is 1110. The Balaban J connectivity index is 1.63. The number of ether oxygens (including phenoxy) is 1. The van der Waals surface area contributed by atoms with Gasteiger partial charge in [-0.1, -0.05) is 24.3 Å². The predicted octanol–water partition coefficient (Wildman–Crippen LogP) is 3.09. The Morgan fingerprint density at radius 1 is 1.22 bits per heavy atom. The summed E-state index contributed by atoms with van der Waals surface area (Å²) in [5, 5.41) is 10.1. The van der Waals surface area contributed by atoms with Crippen LogP contribution in [-0.4, -0.2) is 15.9 Å². The first-order valence-electron chi connectivity index (χ1n) is 8.62. The molecule has 0 radical (unpaired) electrons. The number of benzene rings is 1. The normalized spacial score (nSPS) is 10.6. The minimum absolute atomic E-state index is 0.0873. The number of para-hydroxylation sites is 1. The van der Waals surface area contributed by atoms with Crippen LogP contribution in [0.5, 0.6) is 0 Å². The van der Waals surface area contributed by atoms with Crippen molar-refractivity contribution < 1.29 is 9.53 Å². The van der Waals surface area contributed by atoms with Crippen molar-refractivity contribution in [1.82, 2.24) is 9.97 Å². The number of fused-ring (bicyclic) bond motifs is 1. The third-order valence-electron chi connectivity index (χ3n) is 4.54. The van der Waals surface area contributed by atoms with Gasteiger partial charge in [0.1, 0.15) is 18.2 Å². The third kappa shape index (κ3) is 4.04. The van der Waals surface area contributed by atoms with Gasteiger partial charge in [0.15, 0.2) is 0 Å². The number of esters is 1. The van der Waals surface area contributed by atoms with Gasteiger partial charge in [0.25, 0.3) is 5.56 Å². The molecule has 6 heteroatoms. The summed E-state index contributed by atoms with van der Waals surface area (Å²) in [4.78, 5) is 31.0. The van der Waals surface area contributed by atoms with E-state index in [4.69, 9.17) is 10.00 Å². The van der Waals surface area contributed by atoms with E-state index in [-0.39, 0.29) is 24.6 Å².